The minimum atomic E-state index is -1.49. The Morgan fingerprint density at radius 1 is 1.14 bits per heavy atom. The van der Waals surface area contributed by atoms with E-state index in [2.05, 4.69) is 0 Å². The largest absolute Gasteiger partial charge is 0.302 e. The van der Waals surface area contributed by atoms with Gasteiger partial charge in [0.2, 0.25) is 0 Å². The van der Waals surface area contributed by atoms with Crippen molar-refractivity contribution in [1.29, 1.82) is 0 Å². The van der Waals surface area contributed by atoms with Gasteiger partial charge in [-0.2, -0.15) is 0 Å². The molecule has 1 aromatic rings. The minimum absolute atomic E-state index is 0.226. The van der Waals surface area contributed by atoms with Crippen molar-refractivity contribution < 1.29 is 18.0 Å². The summed E-state index contributed by atoms with van der Waals surface area (Å²) in [4.78, 5) is 10.7. The fourth-order valence-corrected chi connectivity index (χ4v) is 1.45. The molecule has 1 saturated carbocycles. The van der Waals surface area contributed by atoms with E-state index in [1.54, 1.807) is 0 Å². The van der Waals surface area contributed by atoms with E-state index in [1.807, 2.05) is 0 Å². The minimum Gasteiger partial charge on any atom is -0.302 e. The van der Waals surface area contributed by atoms with Gasteiger partial charge in [-0.1, -0.05) is 0 Å². The molecule has 2 rings (SSSR count). The lowest BCUT2D eigenvalue weighted by atomic mass is 9.97. The number of carbonyl (C=O) groups excluding carboxylic acids is 1. The molecule has 0 radical (unpaired) electrons. The number of hydrogen-bond acceptors (Lipinski definition) is 1. The van der Waals surface area contributed by atoms with Gasteiger partial charge in [0.1, 0.15) is 6.29 Å². The van der Waals surface area contributed by atoms with Crippen LogP contribution in [0.4, 0.5) is 13.2 Å². The summed E-state index contributed by atoms with van der Waals surface area (Å²) in [6.07, 6.45) is 1.81. The molecular formula is C10H7F3O. The van der Waals surface area contributed by atoms with Crippen LogP contribution >= 0.6 is 0 Å². The summed E-state index contributed by atoms with van der Waals surface area (Å²) in [6.45, 7) is 0. The van der Waals surface area contributed by atoms with Crippen molar-refractivity contribution in [2.45, 2.75) is 18.3 Å². The van der Waals surface area contributed by atoms with Crippen LogP contribution < -0.4 is 0 Å². The lowest BCUT2D eigenvalue weighted by Crippen LogP contribution is -2.09. The third kappa shape index (κ3) is 1.22. The first kappa shape index (κ1) is 9.24. The molecule has 0 N–H and O–H groups in total. The first-order valence-electron chi connectivity index (χ1n) is 4.20. The summed E-state index contributed by atoms with van der Waals surface area (Å²) in [5.41, 5.74) is -0.543. The lowest BCUT2D eigenvalue weighted by Gasteiger charge is -2.07. The molecular weight excluding hydrogens is 193 g/mol. The molecule has 14 heavy (non-hydrogen) atoms. The number of carbonyl (C=O) groups is 1. The number of benzene rings is 1. The summed E-state index contributed by atoms with van der Waals surface area (Å²) in [5.74, 6) is -3.98. The molecule has 0 unspecified atom stereocenters. The summed E-state index contributed by atoms with van der Waals surface area (Å²) >= 11 is 0. The topological polar surface area (TPSA) is 17.1 Å². The van der Waals surface area contributed by atoms with Crippen LogP contribution in [0.3, 0.4) is 0 Å². The highest BCUT2D eigenvalue weighted by Crippen LogP contribution is 2.46. The Morgan fingerprint density at radius 3 is 2.00 bits per heavy atom. The zero-order valence-electron chi connectivity index (χ0n) is 7.19. The summed E-state index contributed by atoms with van der Waals surface area (Å²) < 4.78 is 38.2. The van der Waals surface area contributed by atoms with Crippen LogP contribution in [-0.2, 0) is 10.2 Å². The van der Waals surface area contributed by atoms with Crippen LogP contribution in [0.5, 0.6) is 0 Å². The molecule has 1 aliphatic carbocycles. The Kier molecular flexibility index (Phi) is 1.87. The maximum atomic E-state index is 12.8. The number of rotatable bonds is 2. The lowest BCUT2D eigenvalue weighted by molar-refractivity contribution is -0.109. The second kappa shape index (κ2) is 2.83. The number of aldehydes is 1. The first-order chi connectivity index (χ1) is 6.59. The van der Waals surface area contributed by atoms with Crippen LogP contribution in [0.25, 0.3) is 0 Å². The van der Waals surface area contributed by atoms with E-state index in [9.17, 15) is 18.0 Å². The molecule has 1 fully saturated rings. The molecule has 0 spiro atoms. The molecule has 0 aliphatic heterocycles. The van der Waals surface area contributed by atoms with Crippen LogP contribution in [0.2, 0.25) is 0 Å². The molecule has 74 valence electrons. The average molecular weight is 200 g/mol. The monoisotopic (exact) mass is 200 g/mol. The molecule has 1 aliphatic rings. The summed E-state index contributed by atoms with van der Waals surface area (Å²) in [7, 11) is 0. The highest BCUT2D eigenvalue weighted by atomic mass is 19.2. The van der Waals surface area contributed by atoms with Crippen molar-refractivity contribution >= 4 is 6.29 Å². The fraction of sp³-hybridized carbons (Fsp3) is 0.300. The molecule has 0 amide bonds. The second-order valence-electron chi connectivity index (χ2n) is 3.53. The first-order valence-corrected chi connectivity index (χ1v) is 4.20. The van der Waals surface area contributed by atoms with Crippen LogP contribution in [0.15, 0.2) is 12.1 Å². The van der Waals surface area contributed by atoms with Gasteiger partial charge in [-0.3, -0.25) is 0 Å². The molecule has 4 heteroatoms. The van der Waals surface area contributed by atoms with Gasteiger partial charge in [0, 0.05) is 0 Å². The standard InChI is InChI=1S/C10H7F3O/c11-7-3-6(4-8(12)9(7)13)10(5-14)1-2-10/h3-5H,1-2H2. The Labute approximate surface area is 78.5 Å². The quantitative estimate of drug-likeness (QED) is 0.529. The number of hydrogen-bond donors (Lipinski definition) is 0. The van der Waals surface area contributed by atoms with E-state index in [-0.39, 0.29) is 5.56 Å². The highest BCUT2D eigenvalue weighted by Gasteiger charge is 2.45. The van der Waals surface area contributed by atoms with Gasteiger partial charge in [0.05, 0.1) is 5.41 Å². The molecule has 0 saturated heterocycles. The molecule has 1 nitrogen and oxygen atoms in total. The van der Waals surface area contributed by atoms with Gasteiger partial charge in [0.25, 0.3) is 0 Å². The van der Waals surface area contributed by atoms with Crippen molar-refractivity contribution in [3.05, 3.63) is 35.1 Å². The molecule has 0 heterocycles. The van der Waals surface area contributed by atoms with Crippen LogP contribution in [0.1, 0.15) is 18.4 Å². The van der Waals surface area contributed by atoms with E-state index < -0.39 is 22.9 Å². The average Bonchev–Trinajstić information content (AvgIpc) is 2.94. The zero-order valence-corrected chi connectivity index (χ0v) is 7.19. The van der Waals surface area contributed by atoms with Crippen LogP contribution in [-0.4, -0.2) is 6.29 Å². The Balaban J connectivity index is 2.51. The van der Waals surface area contributed by atoms with E-state index in [0.717, 1.165) is 12.1 Å². The van der Waals surface area contributed by atoms with E-state index in [4.69, 9.17) is 0 Å². The van der Waals surface area contributed by atoms with E-state index in [0.29, 0.717) is 19.1 Å². The predicted octanol–water partition coefficient (Wildman–Crippen LogP) is 2.33. The highest BCUT2D eigenvalue weighted by molar-refractivity contribution is 5.73. The maximum absolute atomic E-state index is 12.8. The van der Waals surface area contributed by atoms with Crippen LogP contribution in [0, 0.1) is 17.5 Å². The third-order valence-electron chi connectivity index (χ3n) is 2.57. The van der Waals surface area contributed by atoms with Crippen molar-refractivity contribution in [2.24, 2.45) is 0 Å². The Morgan fingerprint density at radius 2 is 1.64 bits per heavy atom. The second-order valence-corrected chi connectivity index (χ2v) is 3.53. The van der Waals surface area contributed by atoms with E-state index in [1.165, 1.54) is 0 Å². The van der Waals surface area contributed by atoms with Crippen molar-refractivity contribution in [1.82, 2.24) is 0 Å². The van der Waals surface area contributed by atoms with Crippen molar-refractivity contribution in [3.63, 3.8) is 0 Å². The van der Waals surface area contributed by atoms with Gasteiger partial charge < -0.3 is 4.79 Å². The molecule has 0 atom stereocenters. The van der Waals surface area contributed by atoms with Gasteiger partial charge in [-0.05, 0) is 30.5 Å². The SMILES string of the molecule is O=CC1(c2cc(F)c(F)c(F)c2)CC1. The van der Waals surface area contributed by atoms with Gasteiger partial charge >= 0.3 is 0 Å². The Hall–Kier alpha value is -1.32. The fourth-order valence-electron chi connectivity index (χ4n) is 1.45. The number of halogens is 3. The third-order valence-corrected chi connectivity index (χ3v) is 2.57. The normalized spacial score (nSPS) is 17.9. The summed E-state index contributed by atoms with van der Waals surface area (Å²) in [5, 5.41) is 0. The van der Waals surface area contributed by atoms with Gasteiger partial charge in [0.15, 0.2) is 17.5 Å². The molecule has 0 bridgehead atoms. The van der Waals surface area contributed by atoms with Crippen molar-refractivity contribution in [2.75, 3.05) is 0 Å². The maximum Gasteiger partial charge on any atom is 0.194 e. The van der Waals surface area contributed by atoms with Gasteiger partial charge in [-0.15, -0.1) is 0 Å². The molecule has 0 aromatic heterocycles. The smallest absolute Gasteiger partial charge is 0.194 e. The zero-order chi connectivity index (χ0) is 10.3. The molecule has 1 aromatic carbocycles. The van der Waals surface area contributed by atoms with Gasteiger partial charge in [-0.25, -0.2) is 13.2 Å². The van der Waals surface area contributed by atoms with Crippen molar-refractivity contribution in [3.8, 4) is 0 Å². The summed E-state index contributed by atoms with van der Waals surface area (Å²) in [6, 6.07) is 1.78. The van der Waals surface area contributed by atoms with E-state index >= 15 is 0 Å². The Bertz CT molecular complexity index is 373. The predicted molar refractivity (Wildman–Crippen MR) is 43.3 cm³/mol.